The van der Waals surface area contributed by atoms with Gasteiger partial charge in [0.25, 0.3) is 0 Å². The van der Waals surface area contributed by atoms with Crippen LogP contribution in [0.4, 0.5) is 0 Å². The molecule has 0 aromatic carbocycles. The van der Waals surface area contributed by atoms with Crippen LogP contribution in [0.1, 0.15) is 45.4 Å². The molecular formula is C14H27ClN2O2. The second-order valence-corrected chi connectivity index (χ2v) is 5.65. The fraction of sp³-hybridized carbons (Fsp3) is 0.929. The van der Waals surface area contributed by atoms with Crippen LogP contribution in [-0.2, 0) is 9.53 Å². The van der Waals surface area contributed by atoms with E-state index in [1.54, 1.807) is 0 Å². The Labute approximate surface area is 122 Å². The molecule has 1 saturated carbocycles. The first-order valence-electron chi connectivity index (χ1n) is 7.35. The molecule has 2 N–H and O–H groups in total. The van der Waals surface area contributed by atoms with Crippen LogP contribution in [0.25, 0.3) is 0 Å². The number of halogens is 1. The highest BCUT2D eigenvalue weighted by Crippen LogP contribution is 2.26. The zero-order chi connectivity index (χ0) is 13.0. The van der Waals surface area contributed by atoms with E-state index >= 15 is 0 Å². The lowest BCUT2D eigenvalue weighted by Crippen LogP contribution is -2.47. The van der Waals surface area contributed by atoms with Crippen molar-refractivity contribution in [2.24, 2.45) is 11.7 Å². The largest absolute Gasteiger partial charge is 0.375 e. The van der Waals surface area contributed by atoms with Crippen molar-refractivity contribution in [3.8, 4) is 0 Å². The first-order chi connectivity index (χ1) is 8.70. The van der Waals surface area contributed by atoms with Crippen molar-refractivity contribution in [3.63, 3.8) is 0 Å². The number of nitrogens with zero attached hydrogens (tertiary/aromatic N) is 1. The maximum atomic E-state index is 12.3. The monoisotopic (exact) mass is 290 g/mol. The average Bonchev–Trinajstić information content (AvgIpc) is 2.41. The van der Waals surface area contributed by atoms with Gasteiger partial charge in [-0.05, 0) is 25.2 Å². The topological polar surface area (TPSA) is 55.6 Å². The molecule has 0 bridgehead atoms. The SMILES string of the molecule is CCC1CN(C(=O)CC2CCCCC2N)CCO1.Cl. The van der Waals surface area contributed by atoms with Crippen molar-refractivity contribution >= 4 is 18.3 Å². The predicted molar refractivity (Wildman–Crippen MR) is 78.4 cm³/mol. The van der Waals surface area contributed by atoms with Gasteiger partial charge in [-0.1, -0.05) is 19.8 Å². The Kier molecular flexibility index (Phi) is 7.11. The molecule has 2 aliphatic rings. The number of ether oxygens (including phenoxy) is 1. The third-order valence-corrected chi connectivity index (χ3v) is 4.35. The Bertz CT molecular complexity index is 289. The maximum Gasteiger partial charge on any atom is 0.223 e. The highest BCUT2D eigenvalue weighted by Gasteiger charge is 2.28. The van der Waals surface area contributed by atoms with Gasteiger partial charge in [-0.25, -0.2) is 0 Å². The van der Waals surface area contributed by atoms with Gasteiger partial charge in [0.1, 0.15) is 0 Å². The maximum absolute atomic E-state index is 12.3. The van der Waals surface area contributed by atoms with Crippen LogP contribution < -0.4 is 5.73 Å². The molecule has 2 rings (SSSR count). The molecule has 0 aromatic heterocycles. The van der Waals surface area contributed by atoms with Crippen molar-refractivity contribution in [2.45, 2.75) is 57.6 Å². The molecule has 5 heteroatoms. The van der Waals surface area contributed by atoms with Crippen LogP contribution >= 0.6 is 12.4 Å². The van der Waals surface area contributed by atoms with Crippen LogP contribution in [0.5, 0.6) is 0 Å². The molecule has 0 aromatic rings. The van der Waals surface area contributed by atoms with Crippen LogP contribution in [0.15, 0.2) is 0 Å². The highest BCUT2D eigenvalue weighted by molar-refractivity contribution is 5.85. The second kappa shape index (κ2) is 8.08. The van der Waals surface area contributed by atoms with Gasteiger partial charge in [0, 0.05) is 25.6 Å². The summed E-state index contributed by atoms with van der Waals surface area (Å²) in [6.07, 6.45) is 6.49. The quantitative estimate of drug-likeness (QED) is 0.864. The molecule has 1 heterocycles. The number of hydrogen-bond donors (Lipinski definition) is 1. The predicted octanol–water partition coefficient (Wildman–Crippen LogP) is 1.95. The highest BCUT2D eigenvalue weighted by atomic mass is 35.5. The summed E-state index contributed by atoms with van der Waals surface area (Å²) in [5.41, 5.74) is 6.11. The molecule has 4 nitrogen and oxygen atoms in total. The minimum Gasteiger partial charge on any atom is -0.375 e. The second-order valence-electron chi connectivity index (χ2n) is 5.65. The van der Waals surface area contributed by atoms with Gasteiger partial charge >= 0.3 is 0 Å². The standard InChI is InChI=1S/C14H26N2O2.ClH/c1-2-12-10-16(7-8-18-12)14(17)9-11-5-3-4-6-13(11)15;/h11-13H,2-10,15H2,1H3;1H. The van der Waals surface area contributed by atoms with Crippen LogP contribution in [0.2, 0.25) is 0 Å². The lowest BCUT2D eigenvalue weighted by Gasteiger charge is -2.35. The van der Waals surface area contributed by atoms with Crippen molar-refractivity contribution in [1.82, 2.24) is 4.90 Å². The number of carbonyl (C=O) groups is 1. The third kappa shape index (κ3) is 4.62. The van der Waals surface area contributed by atoms with Gasteiger partial charge in [0.05, 0.1) is 12.7 Å². The van der Waals surface area contributed by atoms with E-state index < -0.39 is 0 Å². The Morgan fingerprint density at radius 2 is 2.11 bits per heavy atom. The lowest BCUT2D eigenvalue weighted by molar-refractivity contribution is -0.140. The molecule has 0 radical (unpaired) electrons. The fourth-order valence-corrected chi connectivity index (χ4v) is 3.04. The Morgan fingerprint density at radius 3 is 2.79 bits per heavy atom. The number of amides is 1. The van der Waals surface area contributed by atoms with Crippen LogP contribution in [0.3, 0.4) is 0 Å². The summed E-state index contributed by atoms with van der Waals surface area (Å²) >= 11 is 0. The Hall–Kier alpha value is -0.320. The Morgan fingerprint density at radius 1 is 1.37 bits per heavy atom. The summed E-state index contributed by atoms with van der Waals surface area (Å²) in [6.45, 7) is 4.30. The van der Waals surface area contributed by atoms with Crippen molar-refractivity contribution in [2.75, 3.05) is 19.7 Å². The van der Waals surface area contributed by atoms with Crippen molar-refractivity contribution in [1.29, 1.82) is 0 Å². The molecule has 1 aliphatic carbocycles. The van der Waals surface area contributed by atoms with E-state index in [9.17, 15) is 4.79 Å². The number of carbonyl (C=O) groups excluding carboxylic acids is 1. The smallest absolute Gasteiger partial charge is 0.223 e. The number of nitrogens with two attached hydrogens (primary N) is 1. The summed E-state index contributed by atoms with van der Waals surface area (Å²) in [6, 6.07) is 0.228. The molecule has 3 atom stereocenters. The summed E-state index contributed by atoms with van der Waals surface area (Å²) in [4.78, 5) is 14.3. The van der Waals surface area contributed by atoms with Gasteiger partial charge in [-0.3, -0.25) is 4.79 Å². The van der Waals surface area contributed by atoms with E-state index in [2.05, 4.69) is 6.92 Å². The van der Waals surface area contributed by atoms with E-state index in [-0.39, 0.29) is 30.5 Å². The molecular weight excluding hydrogens is 264 g/mol. The zero-order valence-electron chi connectivity index (χ0n) is 11.8. The van der Waals surface area contributed by atoms with E-state index in [4.69, 9.17) is 10.5 Å². The van der Waals surface area contributed by atoms with Gasteiger partial charge in [0.2, 0.25) is 5.91 Å². The first-order valence-corrected chi connectivity index (χ1v) is 7.35. The number of rotatable bonds is 3. The number of morpholine rings is 1. The van der Waals surface area contributed by atoms with Crippen molar-refractivity contribution in [3.05, 3.63) is 0 Å². The molecule has 1 aliphatic heterocycles. The van der Waals surface area contributed by atoms with E-state index in [1.807, 2.05) is 4.90 Å². The van der Waals surface area contributed by atoms with Crippen LogP contribution in [0, 0.1) is 5.92 Å². The van der Waals surface area contributed by atoms with Gasteiger partial charge < -0.3 is 15.4 Å². The van der Waals surface area contributed by atoms with Gasteiger partial charge in [0.15, 0.2) is 0 Å². The fourth-order valence-electron chi connectivity index (χ4n) is 3.04. The van der Waals surface area contributed by atoms with E-state index in [0.29, 0.717) is 18.9 Å². The van der Waals surface area contributed by atoms with Crippen LogP contribution in [-0.4, -0.2) is 42.6 Å². The molecule has 3 unspecified atom stereocenters. The Balaban J connectivity index is 0.00000180. The minimum absolute atomic E-state index is 0. The van der Waals surface area contributed by atoms with E-state index in [0.717, 1.165) is 32.4 Å². The molecule has 112 valence electrons. The summed E-state index contributed by atoms with van der Waals surface area (Å²) in [5, 5.41) is 0. The number of hydrogen-bond acceptors (Lipinski definition) is 3. The van der Waals surface area contributed by atoms with E-state index in [1.165, 1.54) is 12.8 Å². The molecule has 0 spiro atoms. The molecule has 2 fully saturated rings. The average molecular weight is 291 g/mol. The molecule has 1 saturated heterocycles. The third-order valence-electron chi connectivity index (χ3n) is 4.35. The molecule has 1 amide bonds. The summed E-state index contributed by atoms with van der Waals surface area (Å²) in [5.74, 6) is 0.674. The van der Waals surface area contributed by atoms with Gasteiger partial charge in [-0.2, -0.15) is 0 Å². The van der Waals surface area contributed by atoms with Crippen molar-refractivity contribution < 1.29 is 9.53 Å². The van der Waals surface area contributed by atoms with Gasteiger partial charge in [-0.15, -0.1) is 12.4 Å². The zero-order valence-corrected chi connectivity index (χ0v) is 12.7. The summed E-state index contributed by atoms with van der Waals surface area (Å²) < 4.78 is 5.60. The lowest BCUT2D eigenvalue weighted by atomic mass is 9.82. The first kappa shape index (κ1) is 16.7. The minimum atomic E-state index is 0. The summed E-state index contributed by atoms with van der Waals surface area (Å²) in [7, 11) is 0. The molecule has 19 heavy (non-hydrogen) atoms. The normalized spacial score (nSPS) is 31.7.